The van der Waals surface area contributed by atoms with Crippen LogP contribution >= 0.6 is 12.4 Å². The lowest BCUT2D eigenvalue weighted by Gasteiger charge is -2.01. The minimum atomic E-state index is 0. The van der Waals surface area contributed by atoms with Gasteiger partial charge in [-0.1, -0.05) is 18.2 Å². The molecule has 0 bridgehead atoms. The van der Waals surface area contributed by atoms with Crippen molar-refractivity contribution in [3.05, 3.63) is 54.1 Å². The largest absolute Gasteiger partial charge is 0.507 e. The Morgan fingerprint density at radius 3 is 2.65 bits per heavy atom. The van der Waals surface area contributed by atoms with E-state index in [-0.39, 0.29) is 18.2 Å². The maximum atomic E-state index is 9.63. The van der Waals surface area contributed by atoms with Gasteiger partial charge in [0, 0.05) is 18.0 Å². The van der Waals surface area contributed by atoms with Crippen molar-refractivity contribution in [3.8, 4) is 5.75 Å². The fourth-order valence-electron chi connectivity index (χ4n) is 1.42. The molecule has 0 atom stereocenters. The van der Waals surface area contributed by atoms with Crippen LogP contribution in [0.5, 0.6) is 5.75 Å². The summed E-state index contributed by atoms with van der Waals surface area (Å²) in [5.74, 6) is 0.269. The fourth-order valence-corrected chi connectivity index (χ4v) is 1.42. The van der Waals surface area contributed by atoms with Crippen LogP contribution in [0.2, 0.25) is 0 Å². The van der Waals surface area contributed by atoms with Crippen molar-refractivity contribution in [2.75, 3.05) is 0 Å². The molecule has 0 aliphatic carbocycles. The molecular formula is C13H13ClN2O. The van der Waals surface area contributed by atoms with Crippen LogP contribution in [0.3, 0.4) is 0 Å². The highest BCUT2D eigenvalue weighted by Crippen LogP contribution is 2.21. The molecule has 0 spiro atoms. The van der Waals surface area contributed by atoms with Crippen molar-refractivity contribution in [1.29, 1.82) is 0 Å². The quantitative estimate of drug-likeness (QED) is 0.888. The number of benzene rings is 1. The number of hydrogen-bond donors (Lipinski definition) is 1. The fraction of sp³-hybridized carbons (Fsp3) is 0.0769. The number of nitrogens with zero attached hydrogens (tertiary/aromatic N) is 2. The van der Waals surface area contributed by atoms with Gasteiger partial charge in [0.15, 0.2) is 0 Å². The van der Waals surface area contributed by atoms with Crippen LogP contribution < -0.4 is 0 Å². The highest BCUT2D eigenvalue weighted by molar-refractivity contribution is 5.85. The molecule has 0 unspecified atom stereocenters. The molecule has 0 radical (unpaired) electrons. The topological polar surface area (TPSA) is 46.0 Å². The molecule has 0 aliphatic heterocycles. The summed E-state index contributed by atoms with van der Waals surface area (Å²) < 4.78 is 0. The predicted octanol–water partition coefficient (Wildman–Crippen LogP) is 3.16. The maximum Gasteiger partial charge on any atom is 0.122 e. The van der Waals surface area contributed by atoms with Crippen molar-refractivity contribution in [3.63, 3.8) is 0 Å². The lowest BCUT2D eigenvalue weighted by molar-refractivity contribution is 0.474. The zero-order chi connectivity index (χ0) is 11.4. The van der Waals surface area contributed by atoms with Crippen LogP contribution in [0.15, 0.2) is 42.9 Å². The van der Waals surface area contributed by atoms with Crippen molar-refractivity contribution in [1.82, 2.24) is 9.97 Å². The van der Waals surface area contributed by atoms with Crippen LogP contribution in [-0.4, -0.2) is 15.1 Å². The second kappa shape index (κ2) is 6.01. The van der Waals surface area contributed by atoms with E-state index in [1.54, 1.807) is 30.7 Å². The molecule has 17 heavy (non-hydrogen) atoms. The first-order valence-corrected chi connectivity index (χ1v) is 5.00. The third-order valence-corrected chi connectivity index (χ3v) is 2.28. The number of phenols is 1. The molecule has 0 fully saturated rings. The van der Waals surface area contributed by atoms with Crippen molar-refractivity contribution >= 4 is 24.1 Å². The molecule has 2 aromatic rings. The van der Waals surface area contributed by atoms with E-state index in [0.29, 0.717) is 0 Å². The van der Waals surface area contributed by atoms with E-state index in [0.717, 1.165) is 16.8 Å². The van der Waals surface area contributed by atoms with Gasteiger partial charge in [-0.2, -0.15) is 0 Å². The van der Waals surface area contributed by atoms with Crippen LogP contribution in [0.1, 0.15) is 18.2 Å². The van der Waals surface area contributed by atoms with Gasteiger partial charge in [-0.15, -0.1) is 12.4 Å². The second-order valence-electron chi connectivity index (χ2n) is 3.48. The van der Waals surface area contributed by atoms with E-state index < -0.39 is 0 Å². The summed E-state index contributed by atoms with van der Waals surface area (Å²) in [6.45, 7) is 1.94. The molecule has 0 saturated heterocycles. The number of aromatic hydroxyl groups is 1. The molecule has 4 heteroatoms. The molecule has 3 nitrogen and oxygen atoms in total. The molecule has 88 valence electrons. The number of hydrogen-bond acceptors (Lipinski definition) is 3. The Hall–Kier alpha value is -1.87. The first-order chi connectivity index (χ1) is 7.77. The van der Waals surface area contributed by atoms with Gasteiger partial charge in [0.1, 0.15) is 5.75 Å². The molecule has 0 saturated carbocycles. The van der Waals surface area contributed by atoms with E-state index in [1.807, 2.05) is 25.1 Å². The van der Waals surface area contributed by atoms with Gasteiger partial charge in [0.2, 0.25) is 0 Å². The third-order valence-electron chi connectivity index (χ3n) is 2.28. The van der Waals surface area contributed by atoms with Gasteiger partial charge < -0.3 is 5.11 Å². The highest BCUT2D eigenvalue weighted by Gasteiger charge is 1.99. The first kappa shape index (κ1) is 13.2. The summed E-state index contributed by atoms with van der Waals surface area (Å²) in [6, 6.07) is 7.20. The normalized spacial score (nSPS) is 10.8. The van der Waals surface area contributed by atoms with E-state index in [1.165, 1.54) is 0 Å². The smallest absolute Gasteiger partial charge is 0.122 e. The molecule has 0 aliphatic rings. The standard InChI is InChI=1S/C13H12N2O.ClH/c1-10(12-9-14-6-7-15-12)8-11-4-2-3-5-13(11)16;/h2-9,16H,1H3;1H/b10-8-;. The van der Waals surface area contributed by atoms with Gasteiger partial charge in [-0.05, 0) is 24.6 Å². The van der Waals surface area contributed by atoms with Gasteiger partial charge in [-0.25, -0.2) is 0 Å². The average molecular weight is 249 g/mol. The number of allylic oxidation sites excluding steroid dienone is 1. The molecule has 1 aromatic carbocycles. The summed E-state index contributed by atoms with van der Waals surface area (Å²) in [5.41, 5.74) is 2.56. The Morgan fingerprint density at radius 2 is 2.00 bits per heavy atom. The molecule has 1 aromatic heterocycles. The molecule has 1 heterocycles. The number of phenolic OH excluding ortho intramolecular Hbond substituents is 1. The highest BCUT2D eigenvalue weighted by atomic mass is 35.5. The summed E-state index contributed by atoms with van der Waals surface area (Å²) in [4.78, 5) is 8.20. The average Bonchev–Trinajstić information content (AvgIpc) is 2.33. The summed E-state index contributed by atoms with van der Waals surface area (Å²) in [5, 5.41) is 9.63. The van der Waals surface area contributed by atoms with E-state index in [9.17, 15) is 5.11 Å². The molecular weight excluding hydrogens is 236 g/mol. The van der Waals surface area contributed by atoms with Gasteiger partial charge in [0.25, 0.3) is 0 Å². The van der Waals surface area contributed by atoms with Gasteiger partial charge in [-0.3, -0.25) is 9.97 Å². The van der Waals surface area contributed by atoms with Crippen molar-refractivity contribution in [2.45, 2.75) is 6.92 Å². The number of aromatic nitrogens is 2. The van der Waals surface area contributed by atoms with Crippen molar-refractivity contribution in [2.24, 2.45) is 0 Å². The van der Waals surface area contributed by atoms with E-state index in [2.05, 4.69) is 9.97 Å². The van der Waals surface area contributed by atoms with E-state index >= 15 is 0 Å². The Morgan fingerprint density at radius 1 is 1.24 bits per heavy atom. The SMILES string of the molecule is C/C(=C/c1ccccc1O)c1cnccn1.Cl. The first-order valence-electron chi connectivity index (χ1n) is 5.00. The molecule has 1 N–H and O–H groups in total. The Bertz CT molecular complexity index is 512. The van der Waals surface area contributed by atoms with Crippen LogP contribution in [0, 0.1) is 0 Å². The van der Waals surface area contributed by atoms with Gasteiger partial charge >= 0.3 is 0 Å². The Labute approximate surface area is 106 Å². The zero-order valence-corrected chi connectivity index (χ0v) is 10.2. The summed E-state index contributed by atoms with van der Waals surface area (Å²) in [7, 11) is 0. The van der Waals surface area contributed by atoms with Crippen molar-refractivity contribution < 1.29 is 5.11 Å². The Balaban J connectivity index is 0.00000144. The van der Waals surface area contributed by atoms with Crippen LogP contribution in [0.4, 0.5) is 0 Å². The second-order valence-corrected chi connectivity index (χ2v) is 3.48. The number of para-hydroxylation sites is 1. The molecule has 2 rings (SSSR count). The summed E-state index contributed by atoms with van der Waals surface area (Å²) >= 11 is 0. The maximum absolute atomic E-state index is 9.63. The monoisotopic (exact) mass is 248 g/mol. The van der Waals surface area contributed by atoms with E-state index in [4.69, 9.17) is 0 Å². The minimum absolute atomic E-state index is 0. The number of halogens is 1. The number of rotatable bonds is 2. The predicted molar refractivity (Wildman–Crippen MR) is 70.9 cm³/mol. The Kier molecular flexibility index (Phi) is 4.67. The molecule has 0 amide bonds. The van der Waals surface area contributed by atoms with Crippen LogP contribution in [0.25, 0.3) is 11.6 Å². The minimum Gasteiger partial charge on any atom is -0.507 e. The third kappa shape index (κ3) is 3.29. The van der Waals surface area contributed by atoms with Gasteiger partial charge in [0.05, 0.1) is 11.9 Å². The lowest BCUT2D eigenvalue weighted by Crippen LogP contribution is -1.86. The zero-order valence-electron chi connectivity index (χ0n) is 9.37. The summed E-state index contributed by atoms with van der Waals surface area (Å²) in [6.07, 6.45) is 6.87. The van der Waals surface area contributed by atoms with Crippen LogP contribution in [-0.2, 0) is 0 Å². The lowest BCUT2D eigenvalue weighted by atomic mass is 10.1.